The van der Waals surface area contributed by atoms with Crippen LogP contribution in [-0.2, 0) is 11.2 Å². The molecule has 0 unspecified atom stereocenters. The van der Waals surface area contributed by atoms with Crippen LogP contribution in [0.1, 0.15) is 30.0 Å². The predicted molar refractivity (Wildman–Crippen MR) is 104 cm³/mol. The van der Waals surface area contributed by atoms with Crippen LogP contribution in [0.2, 0.25) is 0 Å². The molecule has 1 aliphatic carbocycles. The summed E-state index contributed by atoms with van der Waals surface area (Å²) >= 11 is 0. The highest BCUT2D eigenvalue weighted by Gasteiger charge is 2.36. The maximum absolute atomic E-state index is 12.6. The third-order valence-corrected chi connectivity index (χ3v) is 5.44. The van der Waals surface area contributed by atoms with E-state index in [2.05, 4.69) is 11.4 Å². The summed E-state index contributed by atoms with van der Waals surface area (Å²) in [7, 11) is 1.57. The second kappa shape index (κ2) is 8.10. The average molecular weight is 383 g/mol. The van der Waals surface area contributed by atoms with E-state index < -0.39 is 0 Å². The predicted octanol–water partition coefficient (Wildman–Crippen LogP) is 2.64. The number of fused-ring (bicyclic) bond motifs is 1. The van der Waals surface area contributed by atoms with E-state index in [1.165, 1.54) is 5.56 Å². The van der Waals surface area contributed by atoms with Gasteiger partial charge in [0.1, 0.15) is 5.75 Å². The van der Waals surface area contributed by atoms with Crippen molar-refractivity contribution in [3.05, 3.63) is 53.6 Å². The molecule has 1 aliphatic heterocycles. The number of nitrogens with one attached hydrogen (secondary N) is 1. The number of amides is 1. The molecule has 0 aromatic heterocycles. The van der Waals surface area contributed by atoms with Crippen molar-refractivity contribution >= 4 is 5.91 Å². The number of para-hydroxylation sites is 2. The molecule has 0 bridgehead atoms. The zero-order valence-corrected chi connectivity index (χ0v) is 15.9. The van der Waals surface area contributed by atoms with Gasteiger partial charge in [0.25, 0.3) is 5.91 Å². The van der Waals surface area contributed by atoms with Crippen molar-refractivity contribution in [2.75, 3.05) is 20.3 Å². The van der Waals surface area contributed by atoms with Gasteiger partial charge in [0.05, 0.1) is 25.9 Å². The highest BCUT2D eigenvalue weighted by atomic mass is 16.5. The number of hydrogen-bond acceptors (Lipinski definition) is 5. The lowest BCUT2D eigenvalue weighted by atomic mass is 9.75. The molecule has 1 amide bonds. The fourth-order valence-corrected chi connectivity index (χ4v) is 3.87. The van der Waals surface area contributed by atoms with Gasteiger partial charge in [-0.3, -0.25) is 4.79 Å². The molecule has 0 radical (unpaired) electrons. The molecule has 1 fully saturated rings. The second-order valence-corrected chi connectivity index (χ2v) is 7.34. The Balaban J connectivity index is 1.44. The Kier molecular flexibility index (Phi) is 5.39. The number of carbonyl (C=O) groups excluding carboxylic acids is 1. The third-order valence-electron chi connectivity index (χ3n) is 5.44. The SMILES string of the molecule is COc1ccccc1OCC(=O)N[C@@H](c1ccc2c(c1)CCO2)C1CC(O)C1. The first-order chi connectivity index (χ1) is 13.6. The van der Waals surface area contributed by atoms with E-state index in [1.807, 2.05) is 24.3 Å². The summed E-state index contributed by atoms with van der Waals surface area (Å²) < 4.78 is 16.5. The Morgan fingerprint density at radius 2 is 2.04 bits per heavy atom. The van der Waals surface area contributed by atoms with Crippen LogP contribution < -0.4 is 19.5 Å². The summed E-state index contributed by atoms with van der Waals surface area (Å²) in [5, 5.41) is 12.8. The van der Waals surface area contributed by atoms with Crippen LogP contribution in [-0.4, -0.2) is 37.4 Å². The Morgan fingerprint density at radius 3 is 2.79 bits per heavy atom. The van der Waals surface area contributed by atoms with E-state index in [4.69, 9.17) is 14.2 Å². The molecule has 0 saturated heterocycles. The highest BCUT2D eigenvalue weighted by Crippen LogP contribution is 2.39. The Labute approximate surface area is 164 Å². The molecule has 6 heteroatoms. The summed E-state index contributed by atoms with van der Waals surface area (Å²) in [6.45, 7) is 0.602. The summed E-state index contributed by atoms with van der Waals surface area (Å²) in [6.07, 6.45) is 1.97. The molecule has 2 aromatic rings. The molecule has 2 aromatic carbocycles. The average Bonchev–Trinajstić information content (AvgIpc) is 3.16. The third kappa shape index (κ3) is 3.92. The second-order valence-electron chi connectivity index (χ2n) is 7.34. The Hall–Kier alpha value is -2.73. The summed E-state index contributed by atoms with van der Waals surface area (Å²) in [6, 6.07) is 13.2. The summed E-state index contributed by atoms with van der Waals surface area (Å²) in [5.74, 6) is 2.06. The maximum atomic E-state index is 12.6. The number of rotatable bonds is 7. The van der Waals surface area contributed by atoms with Crippen LogP contribution in [0.15, 0.2) is 42.5 Å². The molecule has 148 valence electrons. The van der Waals surface area contributed by atoms with Crippen LogP contribution in [0.4, 0.5) is 0 Å². The van der Waals surface area contributed by atoms with Gasteiger partial charge in [-0.15, -0.1) is 0 Å². The first kappa shape index (κ1) is 18.6. The first-order valence-electron chi connectivity index (χ1n) is 9.63. The fourth-order valence-electron chi connectivity index (χ4n) is 3.87. The number of carbonyl (C=O) groups is 1. The van der Waals surface area contributed by atoms with Gasteiger partial charge >= 0.3 is 0 Å². The fraction of sp³-hybridized carbons (Fsp3) is 0.409. The molecule has 1 saturated carbocycles. The van der Waals surface area contributed by atoms with Crippen molar-refractivity contribution in [2.45, 2.75) is 31.4 Å². The number of aliphatic hydroxyl groups excluding tert-OH is 1. The van der Waals surface area contributed by atoms with Crippen molar-refractivity contribution in [2.24, 2.45) is 5.92 Å². The van der Waals surface area contributed by atoms with Crippen molar-refractivity contribution in [3.8, 4) is 17.2 Å². The molecule has 6 nitrogen and oxygen atoms in total. The summed E-state index contributed by atoms with van der Waals surface area (Å²) in [4.78, 5) is 12.6. The molecule has 1 atom stereocenters. The van der Waals surface area contributed by atoms with Gasteiger partial charge in [-0.2, -0.15) is 0 Å². The van der Waals surface area contributed by atoms with Gasteiger partial charge in [-0.1, -0.05) is 18.2 Å². The smallest absolute Gasteiger partial charge is 0.258 e. The minimum atomic E-state index is -0.285. The van der Waals surface area contributed by atoms with Gasteiger partial charge in [-0.05, 0) is 54.2 Å². The Morgan fingerprint density at radius 1 is 1.25 bits per heavy atom. The summed E-state index contributed by atoms with van der Waals surface area (Å²) in [5.41, 5.74) is 2.22. The Bertz CT molecular complexity index is 847. The van der Waals surface area contributed by atoms with Crippen LogP contribution >= 0.6 is 0 Å². The topological polar surface area (TPSA) is 77.0 Å². The van der Waals surface area contributed by atoms with Crippen molar-refractivity contribution in [3.63, 3.8) is 0 Å². The largest absolute Gasteiger partial charge is 0.493 e. The van der Waals surface area contributed by atoms with Crippen LogP contribution in [0.25, 0.3) is 0 Å². The van der Waals surface area contributed by atoms with Crippen molar-refractivity contribution in [1.82, 2.24) is 5.32 Å². The molecule has 2 N–H and O–H groups in total. The number of benzene rings is 2. The zero-order chi connectivity index (χ0) is 19.5. The van der Waals surface area contributed by atoms with E-state index in [-0.39, 0.29) is 30.6 Å². The highest BCUT2D eigenvalue weighted by molar-refractivity contribution is 5.78. The maximum Gasteiger partial charge on any atom is 0.258 e. The lowest BCUT2D eigenvalue weighted by molar-refractivity contribution is -0.125. The monoisotopic (exact) mass is 383 g/mol. The van der Waals surface area contributed by atoms with Gasteiger partial charge in [0.15, 0.2) is 18.1 Å². The quantitative estimate of drug-likeness (QED) is 0.769. The molecule has 0 spiro atoms. The molecule has 4 rings (SSSR count). The number of ether oxygens (including phenoxy) is 3. The first-order valence-corrected chi connectivity index (χ1v) is 9.63. The van der Waals surface area contributed by atoms with E-state index >= 15 is 0 Å². The lowest BCUT2D eigenvalue weighted by Gasteiger charge is -2.38. The van der Waals surface area contributed by atoms with Crippen LogP contribution in [0.3, 0.4) is 0 Å². The minimum absolute atomic E-state index is 0.0970. The van der Waals surface area contributed by atoms with Gasteiger partial charge in [-0.25, -0.2) is 0 Å². The minimum Gasteiger partial charge on any atom is -0.493 e. The molecular formula is C22H25NO5. The van der Waals surface area contributed by atoms with Gasteiger partial charge in [0.2, 0.25) is 0 Å². The van der Waals surface area contributed by atoms with E-state index in [1.54, 1.807) is 19.2 Å². The van der Waals surface area contributed by atoms with Crippen molar-refractivity contribution < 1.29 is 24.1 Å². The molecule has 28 heavy (non-hydrogen) atoms. The van der Waals surface area contributed by atoms with E-state index in [0.717, 1.165) is 17.7 Å². The molecular weight excluding hydrogens is 358 g/mol. The number of hydrogen-bond donors (Lipinski definition) is 2. The van der Waals surface area contributed by atoms with Crippen LogP contribution in [0, 0.1) is 5.92 Å². The normalized spacial score (nSPS) is 21.1. The standard InChI is InChI=1S/C22H25NO5/c1-26-19-4-2-3-5-20(19)28-13-21(25)23-22(16-11-17(24)12-16)15-6-7-18-14(10-15)8-9-27-18/h2-7,10,16-17,22,24H,8-9,11-13H2,1H3,(H,23,25)/t16?,17?,22-/m0/s1. The zero-order valence-electron chi connectivity index (χ0n) is 15.9. The molecule has 2 aliphatic rings. The van der Waals surface area contributed by atoms with E-state index in [9.17, 15) is 9.90 Å². The lowest BCUT2D eigenvalue weighted by Crippen LogP contribution is -2.42. The number of aliphatic hydroxyl groups is 1. The van der Waals surface area contributed by atoms with Crippen LogP contribution in [0.5, 0.6) is 17.2 Å². The van der Waals surface area contributed by atoms with E-state index in [0.29, 0.717) is 30.9 Å². The number of methoxy groups -OCH3 is 1. The van der Waals surface area contributed by atoms with Gasteiger partial charge < -0.3 is 24.6 Å². The molecule has 1 heterocycles. The van der Waals surface area contributed by atoms with Crippen molar-refractivity contribution in [1.29, 1.82) is 0 Å². The van der Waals surface area contributed by atoms with Gasteiger partial charge in [0, 0.05) is 6.42 Å².